The fourth-order valence-electron chi connectivity index (χ4n) is 7.52. The lowest BCUT2D eigenvalue weighted by Gasteiger charge is -2.27. The molecule has 0 aliphatic carbocycles. The first-order valence-corrected chi connectivity index (χ1v) is 23.8. The molecule has 1 N–H and O–H groups in total. The first kappa shape index (κ1) is 52.6. The minimum Gasteiger partial charge on any atom is -0.462 e. The minimum atomic E-state index is -0.0537. The van der Waals surface area contributed by atoms with Crippen LogP contribution in [-0.4, -0.2) is 59.9 Å². The molecule has 6 nitrogen and oxygen atoms in total. The van der Waals surface area contributed by atoms with Crippen LogP contribution in [0, 0.1) is 0 Å². The van der Waals surface area contributed by atoms with E-state index >= 15 is 0 Å². The van der Waals surface area contributed by atoms with Crippen LogP contribution < -0.4 is 0 Å². The molecule has 0 spiro atoms. The molecular formula is C48H93NO5. The van der Waals surface area contributed by atoms with Crippen LogP contribution >= 0.6 is 0 Å². The van der Waals surface area contributed by atoms with Crippen LogP contribution in [0.5, 0.6) is 0 Å². The van der Waals surface area contributed by atoms with Crippen LogP contribution in [0.15, 0.2) is 12.7 Å². The number of aliphatic hydroxyl groups excluding tert-OH is 1. The highest BCUT2D eigenvalue weighted by molar-refractivity contribution is 5.69. The molecule has 0 aromatic rings. The summed E-state index contributed by atoms with van der Waals surface area (Å²) >= 11 is 0. The van der Waals surface area contributed by atoms with Crippen molar-refractivity contribution in [2.24, 2.45) is 0 Å². The number of hydrogen-bond donors (Lipinski definition) is 1. The van der Waals surface area contributed by atoms with Gasteiger partial charge in [0, 0.05) is 25.3 Å². The zero-order valence-corrected chi connectivity index (χ0v) is 36.7. The molecule has 0 saturated carbocycles. The maximum Gasteiger partial charge on any atom is 0.306 e. The van der Waals surface area contributed by atoms with Gasteiger partial charge in [-0.25, -0.2) is 0 Å². The van der Waals surface area contributed by atoms with Crippen molar-refractivity contribution in [2.75, 3.05) is 19.7 Å². The van der Waals surface area contributed by atoms with Crippen LogP contribution in [0.4, 0.5) is 0 Å². The Morgan fingerprint density at radius 2 is 0.852 bits per heavy atom. The molecule has 0 saturated heterocycles. The number of esters is 2. The second-order valence-corrected chi connectivity index (χ2v) is 16.5. The van der Waals surface area contributed by atoms with Crippen molar-refractivity contribution in [2.45, 2.75) is 264 Å². The molecule has 0 aliphatic rings. The first-order valence-electron chi connectivity index (χ1n) is 23.8. The molecule has 0 rings (SSSR count). The standard InChI is InChI=1S/C48H93NO5/c1-6-10-13-16-21-28-36-45(35-9-4)53-47(51)39-31-24-19-26-33-41-49(44(5)43-50)42-34-27-20-25-32-40-48(52)54-46(37-29-22-17-14-11-7-2)38-30-23-18-15-12-8-3/h9,44-46,50H,4,6-8,10-43H2,1-3,5H3. The van der Waals surface area contributed by atoms with Gasteiger partial charge < -0.3 is 14.6 Å². The maximum absolute atomic E-state index is 12.7. The molecule has 0 fully saturated rings. The highest BCUT2D eigenvalue weighted by Crippen LogP contribution is 2.19. The SMILES string of the molecule is C=CCC(CCCCCCCC)OC(=O)CCCCCCCN(CCCCCCCC(=O)OC(CCCCCCCC)CCCCCCCC)C(C)CO. The lowest BCUT2D eigenvalue weighted by Crippen LogP contribution is -2.37. The van der Waals surface area contributed by atoms with Gasteiger partial charge in [-0.3, -0.25) is 14.5 Å². The number of unbranched alkanes of at least 4 members (excludes halogenated alkanes) is 23. The van der Waals surface area contributed by atoms with Crippen molar-refractivity contribution in [1.29, 1.82) is 0 Å². The molecule has 0 amide bonds. The second kappa shape index (κ2) is 41.2. The molecule has 2 unspecified atom stereocenters. The van der Waals surface area contributed by atoms with Crippen molar-refractivity contribution in [3.8, 4) is 0 Å². The van der Waals surface area contributed by atoms with Gasteiger partial charge in [0.15, 0.2) is 0 Å². The minimum absolute atomic E-state index is 0.0100. The predicted octanol–water partition coefficient (Wildman–Crippen LogP) is 14.0. The Bertz CT molecular complexity index is 803. The number of ether oxygens (including phenoxy) is 2. The Labute approximate surface area is 336 Å². The monoisotopic (exact) mass is 764 g/mol. The summed E-state index contributed by atoms with van der Waals surface area (Å²) in [5.41, 5.74) is 0. The van der Waals surface area contributed by atoms with Crippen molar-refractivity contribution < 1.29 is 24.2 Å². The van der Waals surface area contributed by atoms with Crippen molar-refractivity contribution in [3.05, 3.63) is 12.7 Å². The van der Waals surface area contributed by atoms with Gasteiger partial charge in [0.1, 0.15) is 12.2 Å². The third-order valence-corrected chi connectivity index (χ3v) is 11.2. The smallest absolute Gasteiger partial charge is 0.306 e. The fraction of sp³-hybridized carbons (Fsp3) is 0.917. The third-order valence-electron chi connectivity index (χ3n) is 11.2. The number of carbonyl (C=O) groups is 2. The summed E-state index contributed by atoms with van der Waals surface area (Å²) in [6.45, 7) is 14.9. The van der Waals surface area contributed by atoms with Crippen LogP contribution in [-0.2, 0) is 19.1 Å². The van der Waals surface area contributed by atoms with E-state index in [2.05, 4.69) is 39.2 Å². The Hall–Kier alpha value is -1.40. The zero-order valence-electron chi connectivity index (χ0n) is 36.7. The number of nitrogens with zero attached hydrogens (tertiary/aromatic N) is 1. The molecule has 320 valence electrons. The van der Waals surface area contributed by atoms with Gasteiger partial charge in [0.05, 0.1) is 6.61 Å². The molecule has 0 aromatic carbocycles. The number of rotatable bonds is 43. The molecule has 6 heteroatoms. The average Bonchev–Trinajstić information content (AvgIpc) is 3.16. The molecule has 54 heavy (non-hydrogen) atoms. The van der Waals surface area contributed by atoms with Crippen molar-refractivity contribution in [1.82, 2.24) is 4.90 Å². The second-order valence-electron chi connectivity index (χ2n) is 16.5. The molecule has 2 atom stereocenters. The molecule has 0 aromatic heterocycles. The van der Waals surface area contributed by atoms with Crippen molar-refractivity contribution >= 4 is 11.9 Å². The van der Waals surface area contributed by atoms with E-state index in [-0.39, 0.29) is 36.8 Å². The number of carbonyl (C=O) groups excluding carboxylic acids is 2. The van der Waals surface area contributed by atoms with Crippen LogP contribution in [0.3, 0.4) is 0 Å². The van der Waals surface area contributed by atoms with E-state index in [4.69, 9.17) is 9.47 Å². The summed E-state index contributed by atoms with van der Waals surface area (Å²) in [6, 6.07) is 0.176. The van der Waals surface area contributed by atoms with Gasteiger partial charge >= 0.3 is 11.9 Å². The van der Waals surface area contributed by atoms with E-state index in [0.29, 0.717) is 12.8 Å². The topological polar surface area (TPSA) is 76.1 Å². The Balaban J connectivity index is 4.19. The quantitative estimate of drug-likeness (QED) is 0.0379. The summed E-state index contributed by atoms with van der Waals surface area (Å²) in [5, 5.41) is 9.85. The number of aliphatic hydroxyl groups is 1. The Morgan fingerprint density at radius 1 is 0.519 bits per heavy atom. The third kappa shape index (κ3) is 35.0. The Kier molecular flexibility index (Phi) is 40.2. The van der Waals surface area contributed by atoms with Gasteiger partial charge in [-0.15, -0.1) is 6.58 Å². The van der Waals surface area contributed by atoms with E-state index in [1.54, 1.807) is 0 Å². The van der Waals surface area contributed by atoms with Gasteiger partial charge in [0.2, 0.25) is 0 Å². The summed E-state index contributed by atoms with van der Waals surface area (Å²) in [4.78, 5) is 27.6. The lowest BCUT2D eigenvalue weighted by molar-refractivity contribution is -0.150. The molecule has 0 heterocycles. The highest BCUT2D eigenvalue weighted by Gasteiger charge is 2.16. The number of hydrogen-bond acceptors (Lipinski definition) is 6. The summed E-state index contributed by atoms with van der Waals surface area (Å²) < 4.78 is 11.8. The molecule has 0 radical (unpaired) electrons. The molecule has 0 aliphatic heterocycles. The van der Waals surface area contributed by atoms with E-state index < -0.39 is 0 Å². The van der Waals surface area contributed by atoms with Crippen LogP contribution in [0.1, 0.15) is 246 Å². The van der Waals surface area contributed by atoms with Gasteiger partial charge in [-0.2, -0.15) is 0 Å². The predicted molar refractivity (Wildman–Crippen MR) is 232 cm³/mol. The largest absolute Gasteiger partial charge is 0.462 e. The summed E-state index contributed by atoms with van der Waals surface area (Å²) in [5.74, 6) is -0.0437. The zero-order chi connectivity index (χ0) is 39.7. The molecular weight excluding hydrogens is 671 g/mol. The van der Waals surface area contributed by atoms with Crippen molar-refractivity contribution in [3.63, 3.8) is 0 Å². The molecule has 0 bridgehead atoms. The summed E-state index contributed by atoms with van der Waals surface area (Å²) in [7, 11) is 0. The van der Waals surface area contributed by atoms with E-state index in [1.807, 2.05) is 6.08 Å². The fourth-order valence-corrected chi connectivity index (χ4v) is 7.52. The normalized spacial score (nSPS) is 12.7. The van der Waals surface area contributed by atoms with E-state index in [1.165, 1.54) is 109 Å². The first-order chi connectivity index (χ1) is 26.4. The summed E-state index contributed by atoms with van der Waals surface area (Å²) in [6.07, 6.45) is 40.4. The highest BCUT2D eigenvalue weighted by atomic mass is 16.5. The van der Waals surface area contributed by atoms with Gasteiger partial charge in [-0.05, 0) is 84.2 Å². The van der Waals surface area contributed by atoms with Crippen LogP contribution in [0.2, 0.25) is 0 Å². The maximum atomic E-state index is 12.7. The van der Waals surface area contributed by atoms with Crippen LogP contribution in [0.25, 0.3) is 0 Å². The van der Waals surface area contributed by atoms with Gasteiger partial charge in [0.25, 0.3) is 0 Å². The Morgan fingerprint density at radius 3 is 1.24 bits per heavy atom. The average molecular weight is 764 g/mol. The lowest BCUT2D eigenvalue weighted by atomic mass is 10.0. The van der Waals surface area contributed by atoms with Gasteiger partial charge in [-0.1, -0.05) is 162 Å². The van der Waals surface area contributed by atoms with E-state index in [9.17, 15) is 14.7 Å². The van der Waals surface area contributed by atoms with E-state index in [0.717, 1.165) is 109 Å².